The zero-order valence-electron chi connectivity index (χ0n) is 11.0. The van der Waals surface area contributed by atoms with Crippen molar-refractivity contribution in [3.8, 4) is 11.3 Å². The molecule has 0 saturated carbocycles. The lowest BCUT2D eigenvalue weighted by Crippen LogP contribution is -2.13. The maximum Gasteiger partial charge on any atom is 0.416 e. The molecule has 3 aromatic rings. The Morgan fingerprint density at radius 1 is 1.23 bits per heavy atom. The van der Waals surface area contributed by atoms with Crippen molar-refractivity contribution in [1.82, 2.24) is 14.6 Å². The molecule has 1 aromatic carbocycles. The Morgan fingerprint density at radius 2 is 2.00 bits per heavy atom. The number of halogens is 3. The minimum Gasteiger partial charge on any atom is -0.365 e. The van der Waals surface area contributed by atoms with Crippen LogP contribution in [0.1, 0.15) is 15.9 Å². The topological polar surface area (TPSA) is 73.3 Å². The summed E-state index contributed by atoms with van der Waals surface area (Å²) >= 11 is 0. The lowest BCUT2D eigenvalue weighted by atomic mass is 10.1. The highest BCUT2D eigenvalue weighted by atomic mass is 19.4. The van der Waals surface area contributed by atoms with Gasteiger partial charge >= 0.3 is 6.18 Å². The van der Waals surface area contributed by atoms with Crippen LogP contribution in [0, 0.1) is 0 Å². The second-order valence-corrected chi connectivity index (χ2v) is 4.58. The van der Waals surface area contributed by atoms with Crippen molar-refractivity contribution in [2.45, 2.75) is 6.18 Å². The summed E-state index contributed by atoms with van der Waals surface area (Å²) in [6, 6.07) is 6.17. The summed E-state index contributed by atoms with van der Waals surface area (Å²) in [5.41, 5.74) is 5.35. The van der Waals surface area contributed by atoms with E-state index >= 15 is 0 Å². The Bertz CT molecular complexity index is 870. The lowest BCUT2D eigenvalue weighted by Gasteiger charge is -2.07. The zero-order chi connectivity index (χ0) is 15.9. The largest absolute Gasteiger partial charge is 0.416 e. The van der Waals surface area contributed by atoms with Gasteiger partial charge in [0.2, 0.25) is 0 Å². The van der Waals surface area contributed by atoms with E-state index in [2.05, 4.69) is 10.1 Å². The van der Waals surface area contributed by atoms with Gasteiger partial charge in [-0.15, -0.1) is 0 Å². The summed E-state index contributed by atoms with van der Waals surface area (Å²) < 4.78 is 39.6. The van der Waals surface area contributed by atoms with Gasteiger partial charge in [-0.3, -0.25) is 4.79 Å². The van der Waals surface area contributed by atoms with Crippen molar-refractivity contribution in [2.24, 2.45) is 5.73 Å². The van der Waals surface area contributed by atoms with Crippen LogP contribution in [0.25, 0.3) is 16.9 Å². The molecule has 0 unspecified atom stereocenters. The fourth-order valence-corrected chi connectivity index (χ4v) is 2.08. The van der Waals surface area contributed by atoms with Gasteiger partial charge in [-0.1, -0.05) is 12.1 Å². The number of fused-ring (bicyclic) bond motifs is 1. The van der Waals surface area contributed by atoms with Crippen molar-refractivity contribution in [2.75, 3.05) is 0 Å². The smallest absolute Gasteiger partial charge is 0.365 e. The van der Waals surface area contributed by atoms with Crippen molar-refractivity contribution in [3.63, 3.8) is 0 Å². The standard InChI is InChI=1S/C14H9F3N4O/c15-14(16,17)9-3-1-2-8(6-9)11-7-21-13(20-11)10(12(18)22)4-5-19-21/h1-7H,(H2,18,22). The second kappa shape index (κ2) is 4.83. The van der Waals surface area contributed by atoms with Gasteiger partial charge in [0, 0.05) is 11.8 Å². The molecule has 8 heteroatoms. The average molecular weight is 306 g/mol. The quantitative estimate of drug-likeness (QED) is 0.790. The molecular formula is C14H9F3N4O. The molecule has 0 fully saturated rings. The number of primary amides is 1. The average Bonchev–Trinajstić information content (AvgIpc) is 2.90. The molecule has 1 amide bonds. The first-order valence-corrected chi connectivity index (χ1v) is 6.18. The highest BCUT2D eigenvalue weighted by molar-refractivity contribution is 5.98. The number of nitrogens with zero attached hydrogens (tertiary/aromatic N) is 3. The fraction of sp³-hybridized carbons (Fsp3) is 0.0714. The number of hydrogen-bond acceptors (Lipinski definition) is 3. The van der Waals surface area contributed by atoms with E-state index in [9.17, 15) is 18.0 Å². The third-order valence-corrected chi connectivity index (χ3v) is 3.11. The van der Waals surface area contributed by atoms with Crippen LogP contribution in [0.3, 0.4) is 0 Å². The molecule has 112 valence electrons. The van der Waals surface area contributed by atoms with Crippen molar-refractivity contribution in [1.29, 1.82) is 0 Å². The van der Waals surface area contributed by atoms with Crippen LogP contribution in [0.15, 0.2) is 42.7 Å². The van der Waals surface area contributed by atoms with Crippen LogP contribution in [-0.2, 0) is 6.18 Å². The Morgan fingerprint density at radius 3 is 2.68 bits per heavy atom. The van der Waals surface area contributed by atoms with Gasteiger partial charge in [0.1, 0.15) is 0 Å². The van der Waals surface area contributed by atoms with E-state index in [1.54, 1.807) is 0 Å². The highest BCUT2D eigenvalue weighted by Gasteiger charge is 2.30. The molecule has 2 N–H and O–H groups in total. The molecule has 0 radical (unpaired) electrons. The van der Waals surface area contributed by atoms with E-state index < -0.39 is 17.6 Å². The Kier molecular flexibility index (Phi) is 3.09. The molecule has 2 heterocycles. The third-order valence-electron chi connectivity index (χ3n) is 3.11. The Balaban J connectivity index is 2.15. The normalized spacial score (nSPS) is 11.8. The van der Waals surface area contributed by atoms with Gasteiger partial charge in [-0.05, 0) is 18.2 Å². The van der Waals surface area contributed by atoms with Crippen LogP contribution < -0.4 is 5.73 Å². The number of carbonyl (C=O) groups excluding carboxylic acids is 1. The molecular weight excluding hydrogens is 297 g/mol. The van der Waals surface area contributed by atoms with Gasteiger partial charge in [0.15, 0.2) is 5.65 Å². The second-order valence-electron chi connectivity index (χ2n) is 4.58. The first-order chi connectivity index (χ1) is 10.4. The van der Waals surface area contributed by atoms with Gasteiger partial charge in [-0.25, -0.2) is 9.50 Å². The zero-order valence-corrected chi connectivity index (χ0v) is 11.0. The number of imidazole rings is 1. The minimum absolute atomic E-state index is 0.147. The summed E-state index contributed by atoms with van der Waals surface area (Å²) in [6.45, 7) is 0. The molecule has 0 aliphatic rings. The van der Waals surface area contributed by atoms with Crippen molar-refractivity contribution < 1.29 is 18.0 Å². The van der Waals surface area contributed by atoms with Crippen LogP contribution in [0.5, 0.6) is 0 Å². The predicted octanol–water partition coefficient (Wildman–Crippen LogP) is 2.51. The monoisotopic (exact) mass is 306 g/mol. The highest BCUT2D eigenvalue weighted by Crippen LogP contribution is 2.32. The molecule has 0 saturated heterocycles. The van der Waals surface area contributed by atoms with E-state index in [1.165, 1.54) is 35.1 Å². The summed E-state index contributed by atoms with van der Waals surface area (Å²) in [4.78, 5) is 15.5. The van der Waals surface area contributed by atoms with Gasteiger partial charge in [0.25, 0.3) is 5.91 Å². The molecule has 0 aliphatic carbocycles. The Hall–Kier alpha value is -2.90. The van der Waals surface area contributed by atoms with E-state index in [4.69, 9.17) is 5.73 Å². The molecule has 0 bridgehead atoms. The van der Waals surface area contributed by atoms with Crippen LogP contribution in [-0.4, -0.2) is 20.5 Å². The maximum atomic E-state index is 12.8. The molecule has 22 heavy (non-hydrogen) atoms. The SMILES string of the molecule is NC(=O)c1ccnn2cc(-c3cccc(C(F)(F)F)c3)nc12. The minimum atomic E-state index is -4.44. The number of carbonyl (C=O) groups is 1. The third kappa shape index (κ3) is 2.39. The molecule has 3 rings (SSSR count). The lowest BCUT2D eigenvalue weighted by molar-refractivity contribution is -0.137. The molecule has 0 spiro atoms. The first-order valence-electron chi connectivity index (χ1n) is 6.18. The summed E-state index contributed by atoms with van der Waals surface area (Å²) in [7, 11) is 0. The number of hydrogen-bond donors (Lipinski definition) is 1. The number of aromatic nitrogens is 3. The number of nitrogens with two attached hydrogens (primary N) is 1. The van der Waals surface area contributed by atoms with Crippen molar-refractivity contribution >= 4 is 11.6 Å². The van der Waals surface area contributed by atoms with E-state index in [1.807, 2.05) is 0 Å². The van der Waals surface area contributed by atoms with E-state index in [0.29, 0.717) is 0 Å². The first kappa shape index (κ1) is 14.1. The number of alkyl halides is 3. The number of amides is 1. The predicted molar refractivity (Wildman–Crippen MR) is 71.9 cm³/mol. The molecule has 0 aliphatic heterocycles. The molecule has 2 aromatic heterocycles. The van der Waals surface area contributed by atoms with Gasteiger partial charge in [0.05, 0.1) is 23.0 Å². The van der Waals surface area contributed by atoms with Crippen LogP contribution >= 0.6 is 0 Å². The maximum absolute atomic E-state index is 12.8. The fourth-order valence-electron chi connectivity index (χ4n) is 2.08. The summed E-state index contributed by atoms with van der Waals surface area (Å²) in [5, 5.41) is 3.97. The molecule has 5 nitrogen and oxygen atoms in total. The van der Waals surface area contributed by atoms with Gasteiger partial charge < -0.3 is 5.73 Å². The van der Waals surface area contributed by atoms with Crippen LogP contribution in [0.2, 0.25) is 0 Å². The van der Waals surface area contributed by atoms with Crippen molar-refractivity contribution in [3.05, 3.63) is 53.9 Å². The Labute approximate surface area is 122 Å². The molecule has 0 atom stereocenters. The number of rotatable bonds is 2. The van der Waals surface area contributed by atoms with Crippen LogP contribution in [0.4, 0.5) is 13.2 Å². The summed E-state index contributed by atoms with van der Waals surface area (Å²) in [5.74, 6) is -0.686. The van der Waals surface area contributed by atoms with E-state index in [-0.39, 0.29) is 22.5 Å². The number of benzene rings is 1. The van der Waals surface area contributed by atoms with Gasteiger partial charge in [-0.2, -0.15) is 18.3 Å². The summed E-state index contributed by atoms with van der Waals surface area (Å²) in [6.07, 6.45) is -1.63. The van der Waals surface area contributed by atoms with E-state index in [0.717, 1.165) is 12.1 Å².